The molecule has 1 fully saturated rings. The highest BCUT2D eigenvalue weighted by Gasteiger charge is 2.30. The standard InChI is InChI=1S/C15H20F4N2/c1-2-3-4-12(21-7-5-20-6-8-21)13-14(18)10(16)9-11(17)15(13)19/h9,12,20H,2-8H2,1H3/t12-/m0/s1. The van der Waals surface area contributed by atoms with E-state index >= 15 is 0 Å². The van der Waals surface area contributed by atoms with Crippen molar-refractivity contribution in [3.8, 4) is 0 Å². The van der Waals surface area contributed by atoms with Crippen molar-refractivity contribution in [3.05, 3.63) is 34.9 Å². The number of rotatable bonds is 5. The predicted octanol–water partition coefficient (Wildman–Crippen LogP) is 3.38. The van der Waals surface area contributed by atoms with Gasteiger partial charge in [-0.1, -0.05) is 19.8 Å². The second kappa shape index (κ2) is 7.22. The van der Waals surface area contributed by atoms with Crippen molar-refractivity contribution >= 4 is 0 Å². The monoisotopic (exact) mass is 304 g/mol. The van der Waals surface area contributed by atoms with Crippen LogP contribution < -0.4 is 5.32 Å². The number of halogens is 4. The fourth-order valence-electron chi connectivity index (χ4n) is 2.78. The Hall–Kier alpha value is -1.14. The van der Waals surface area contributed by atoms with Gasteiger partial charge in [-0.15, -0.1) is 0 Å². The maximum absolute atomic E-state index is 14.1. The summed E-state index contributed by atoms with van der Waals surface area (Å²) in [6.45, 7) is 4.57. The van der Waals surface area contributed by atoms with Gasteiger partial charge in [0, 0.05) is 43.9 Å². The molecular formula is C15H20F4N2. The van der Waals surface area contributed by atoms with E-state index in [1.807, 2.05) is 11.8 Å². The summed E-state index contributed by atoms with van der Waals surface area (Å²) in [4.78, 5) is 1.90. The molecule has 1 aromatic rings. The quantitative estimate of drug-likeness (QED) is 0.663. The summed E-state index contributed by atoms with van der Waals surface area (Å²) in [5.74, 6) is -5.21. The molecule has 118 valence electrons. The lowest BCUT2D eigenvalue weighted by molar-refractivity contribution is 0.154. The highest BCUT2D eigenvalue weighted by atomic mass is 19.2. The van der Waals surface area contributed by atoms with Crippen molar-refractivity contribution in [1.29, 1.82) is 0 Å². The van der Waals surface area contributed by atoms with Gasteiger partial charge in [0.2, 0.25) is 0 Å². The number of nitrogens with zero attached hydrogens (tertiary/aromatic N) is 1. The summed E-state index contributed by atoms with van der Waals surface area (Å²) in [5, 5.41) is 3.15. The molecule has 0 aliphatic carbocycles. The molecule has 0 aromatic heterocycles. The number of hydrogen-bond acceptors (Lipinski definition) is 2. The fourth-order valence-corrected chi connectivity index (χ4v) is 2.78. The number of piperazine rings is 1. The molecule has 1 atom stereocenters. The first-order chi connectivity index (χ1) is 10.1. The Morgan fingerprint density at radius 3 is 2.19 bits per heavy atom. The van der Waals surface area contributed by atoms with Crippen LogP contribution in [-0.2, 0) is 0 Å². The third-order valence-corrected chi connectivity index (χ3v) is 3.90. The van der Waals surface area contributed by atoms with Gasteiger partial charge in [0.05, 0.1) is 0 Å². The van der Waals surface area contributed by atoms with E-state index in [2.05, 4.69) is 5.32 Å². The lowest BCUT2D eigenvalue weighted by Gasteiger charge is -2.35. The molecule has 2 rings (SSSR count). The van der Waals surface area contributed by atoms with Gasteiger partial charge in [-0.2, -0.15) is 0 Å². The average molecular weight is 304 g/mol. The van der Waals surface area contributed by atoms with Crippen LogP contribution in [0.15, 0.2) is 6.07 Å². The molecule has 1 heterocycles. The Morgan fingerprint density at radius 2 is 1.67 bits per heavy atom. The summed E-state index contributed by atoms with van der Waals surface area (Å²) in [6, 6.07) is -0.361. The Bertz CT molecular complexity index is 461. The Morgan fingerprint density at radius 1 is 1.10 bits per heavy atom. The van der Waals surface area contributed by atoms with E-state index in [0.717, 1.165) is 12.8 Å². The van der Waals surface area contributed by atoms with E-state index in [0.29, 0.717) is 32.6 Å². The number of benzene rings is 1. The molecule has 1 aromatic carbocycles. The molecule has 6 heteroatoms. The van der Waals surface area contributed by atoms with Gasteiger partial charge >= 0.3 is 0 Å². The van der Waals surface area contributed by atoms with Crippen molar-refractivity contribution in [2.24, 2.45) is 0 Å². The molecule has 1 aliphatic rings. The van der Waals surface area contributed by atoms with Crippen LogP contribution >= 0.6 is 0 Å². The molecule has 2 nitrogen and oxygen atoms in total. The van der Waals surface area contributed by atoms with E-state index in [9.17, 15) is 17.6 Å². The molecule has 0 bridgehead atoms. The summed E-state index contributed by atoms with van der Waals surface area (Å²) < 4.78 is 55.0. The molecule has 0 radical (unpaired) electrons. The Labute approximate surface area is 122 Å². The zero-order valence-electron chi connectivity index (χ0n) is 12.1. The van der Waals surface area contributed by atoms with Gasteiger partial charge in [0.15, 0.2) is 23.3 Å². The topological polar surface area (TPSA) is 15.3 Å². The van der Waals surface area contributed by atoms with Gasteiger partial charge in [-0.05, 0) is 6.42 Å². The van der Waals surface area contributed by atoms with E-state index in [4.69, 9.17) is 0 Å². The van der Waals surface area contributed by atoms with Crippen molar-refractivity contribution in [2.45, 2.75) is 32.2 Å². The molecule has 1 aliphatic heterocycles. The van der Waals surface area contributed by atoms with Gasteiger partial charge in [-0.25, -0.2) is 17.6 Å². The maximum Gasteiger partial charge on any atom is 0.166 e. The fraction of sp³-hybridized carbons (Fsp3) is 0.600. The lowest BCUT2D eigenvalue weighted by atomic mass is 9.97. The second-order valence-corrected chi connectivity index (χ2v) is 5.33. The summed E-state index contributed by atoms with van der Waals surface area (Å²) in [6.07, 6.45) is 2.07. The third-order valence-electron chi connectivity index (χ3n) is 3.90. The Balaban J connectivity index is 2.40. The minimum atomic E-state index is -1.33. The van der Waals surface area contributed by atoms with Gasteiger partial charge in [0.1, 0.15) is 0 Å². The van der Waals surface area contributed by atoms with E-state index in [1.54, 1.807) is 0 Å². The van der Waals surface area contributed by atoms with Crippen LogP contribution in [0, 0.1) is 23.3 Å². The smallest absolute Gasteiger partial charge is 0.166 e. The molecule has 0 unspecified atom stereocenters. The number of hydrogen-bond donors (Lipinski definition) is 1. The van der Waals surface area contributed by atoms with E-state index in [1.165, 1.54) is 0 Å². The first-order valence-corrected chi connectivity index (χ1v) is 7.34. The van der Waals surface area contributed by atoms with Gasteiger partial charge < -0.3 is 5.32 Å². The summed E-state index contributed by atoms with van der Waals surface area (Å²) in [7, 11) is 0. The molecular weight excluding hydrogens is 284 g/mol. The van der Waals surface area contributed by atoms with Crippen molar-refractivity contribution in [3.63, 3.8) is 0 Å². The van der Waals surface area contributed by atoms with Crippen LogP contribution in [0.5, 0.6) is 0 Å². The molecule has 1 saturated heterocycles. The molecule has 0 spiro atoms. The minimum Gasteiger partial charge on any atom is -0.314 e. The third kappa shape index (κ3) is 3.55. The van der Waals surface area contributed by atoms with Crippen molar-refractivity contribution in [2.75, 3.05) is 26.2 Å². The molecule has 0 amide bonds. The largest absolute Gasteiger partial charge is 0.314 e. The first kappa shape index (κ1) is 16.2. The van der Waals surface area contributed by atoms with Crippen molar-refractivity contribution in [1.82, 2.24) is 10.2 Å². The number of nitrogens with one attached hydrogen (secondary N) is 1. The highest BCUT2D eigenvalue weighted by Crippen LogP contribution is 2.33. The summed E-state index contributed by atoms with van der Waals surface area (Å²) >= 11 is 0. The summed E-state index contributed by atoms with van der Waals surface area (Å²) in [5.41, 5.74) is -0.470. The molecule has 1 N–H and O–H groups in total. The van der Waals surface area contributed by atoms with Crippen LogP contribution in [0.25, 0.3) is 0 Å². The zero-order chi connectivity index (χ0) is 15.4. The first-order valence-electron chi connectivity index (χ1n) is 7.34. The zero-order valence-corrected chi connectivity index (χ0v) is 12.1. The minimum absolute atomic E-state index is 0.267. The van der Waals surface area contributed by atoms with E-state index < -0.39 is 34.9 Å². The SMILES string of the molecule is CCCC[C@@H](c1c(F)c(F)cc(F)c1F)N1CCNCC1. The van der Waals surface area contributed by atoms with Gasteiger partial charge in [0.25, 0.3) is 0 Å². The van der Waals surface area contributed by atoms with Crippen molar-refractivity contribution < 1.29 is 17.6 Å². The number of unbranched alkanes of at least 4 members (excludes halogenated alkanes) is 1. The maximum atomic E-state index is 14.1. The lowest BCUT2D eigenvalue weighted by Crippen LogP contribution is -2.45. The molecule has 21 heavy (non-hydrogen) atoms. The van der Waals surface area contributed by atoms with Crippen LogP contribution in [0.2, 0.25) is 0 Å². The predicted molar refractivity (Wildman–Crippen MR) is 73.0 cm³/mol. The average Bonchev–Trinajstić information content (AvgIpc) is 2.49. The second-order valence-electron chi connectivity index (χ2n) is 5.33. The van der Waals surface area contributed by atoms with E-state index in [-0.39, 0.29) is 6.07 Å². The Kier molecular flexibility index (Phi) is 5.58. The normalized spacial score (nSPS) is 18.0. The van der Waals surface area contributed by atoms with Crippen LogP contribution in [0.3, 0.4) is 0 Å². The highest BCUT2D eigenvalue weighted by molar-refractivity contribution is 5.26. The molecule has 0 saturated carbocycles. The van der Waals surface area contributed by atoms with Gasteiger partial charge in [-0.3, -0.25) is 4.90 Å². The van der Waals surface area contributed by atoms with Crippen LogP contribution in [0.1, 0.15) is 37.8 Å². The van der Waals surface area contributed by atoms with Crippen LogP contribution in [0.4, 0.5) is 17.6 Å². The van der Waals surface area contributed by atoms with Crippen LogP contribution in [-0.4, -0.2) is 31.1 Å².